The normalized spacial score (nSPS) is 12.1. The Labute approximate surface area is 154 Å². The van der Waals surface area contributed by atoms with Crippen molar-refractivity contribution >= 4 is 23.1 Å². The molecule has 10 heteroatoms. The third-order valence-electron chi connectivity index (χ3n) is 3.21. The summed E-state index contributed by atoms with van der Waals surface area (Å²) >= 11 is 1.58. The maximum absolute atomic E-state index is 12.9. The predicted molar refractivity (Wildman–Crippen MR) is 97.4 cm³/mol. The standard InChI is InChI=1S/C16H21F3N6S/c1-3-20-15(25-10-13-24-9-11(2)26-13)23-8-7-22-14-12(16(17,18)19)5-4-6-21-14/h4-6,9H,3,7-8,10H2,1-2H3,(H,21,22)(H2,20,23,25). The molecule has 142 valence electrons. The van der Waals surface area contributed by atoms with Gasteiger partial charge >= 0.3 is 6.18 Å². The van der Waals surface area contributed by atoms with Gasteiger partial charge in [0.2, 0.25) is 0 Å². The van der Waals surface area contributed by atoms with Crippen LogP contribution in [0, 0.1) is 6.92 Å². The maximum atomic E-state index is 12.9. The molecule has 0 aliphatic heterocycles. The first kappa shape index (κ1) is 20.0. The van der Waals surface area contributed by atoms with Gasteiger partial charge in [0.15, 0.2) is 5.96 Å². The van der Waals surface area contributed by atoms with E-state index in [1.165, 1.54) is 12.3 Å². The van der Waals surface area contributed by atoms with Crippen LogP contribution in [0.15, 0.2) is 29.5 Å². The Hall–Kier alpha value is -2.36. The number of guanidine groups is 1. The van der Waals surface area contributed by atoms with E-state index in [-0.39, 0.29) is 12.4 Å². The summed E-state index contributed by atoms with van der Waals surface area (Å²) in [5, 5.41) is 9.77. The molecule has 0 saturated carbocycles. The van der Waals surface area contributed by atoms with E-state index in [0.29, 0.717) is 25.6 Å². The molecule has 2 heterocycles. The number of aryl methyl sites for hydroxylation is 1. The number of anilines is 1. The Bertz CT molecular complexity index is 729. The number of alkyl halides is 3. The van der Waals surface area contributed by atoms with Crippen LogP contribution in [-0.4, -0.2) is 35.6 Å². The number of rotatable bonds is 7. The summed E-state index contributed by atoms with van der Waals surface area (Å²) in [5.41, 5.74) is -0.778. The van der Waals surface area contributed by atoms with E-state index < -0.39 is 11.7 Å². The van der Waals surface area contributed by atoms with Gasteiger partial charge in [0.1, 0.15) is 10.8 Å². The Morgan fingerprint density at radius 3 is 2.69 bits per heavy atom. The van der Waals surface area contributed by atoms with Crippen LogP contribution in [0.3, 0.4) is 0 Å². The van der Waals surface area contributed by atoms with Crippen molar-refractivity contribution in [3.8, 4) is 0 Å². The first-order valence-electron chi connectivity index (χ1n) is 8.09. The maximum Gasteiger partial charge on any atom is 0.419 e. The largest absolute Gasteiger partial charge is 0.419 e. The molecule has 26 heavy (non-hydrogen) atoms. The quantitative estimate of drug-likeness (QED) is 0.388. The van der Waals surface area contributed by atoms with Crippen LogP contribution in [-0.2, 0) is 12.7 Å². The molecule has 0 unspecified atom stereocenters. The van der Waals surface area contributed by atoms with Crippen LogP contribution in [0.4, 0.5) is 19.0 Å². The topological polar surface area (TPSA) is 74.2 Å². The highest BCUT2D eigenvalue weighted by atomic mass is 32.1. The molecule has 0 aliphatic carbocycles. The van der Waals surface area contributed by atoms with Gasteiger partial charge in [-0.25, -0.2) is 15.0 Å². The van der Waals surface area contributed by atoms with Gasteiger partial charge in [0.05, 0.1) is 12.1 Å². The molecule has 0 aromatic carbocycles. The van der Waals surface area contributed by atoms with Gasteiger partial charge < -0.3 is 16.0 Å². The van der Waals surface area contributed by atoms with Crippen LogP contribution in [0.2, 0.25) is 0 Å². The highest BCUT2D eigenvalue weighted by Crippen LogP contribution is 2.33. The number of hydrogen-bond donors (Lipinski definition) is 3. The number of aromatic nitrogens is 2. The van der Waals surface area contributed by atoms with Gasteiger partial charge in [0.25, 0.3) is 0 Å². The lowest BCUT2D eigenvalue weighted by molar-refractivity contribution is -0.137. The molecule has 0 aliphatic rings. The Kier molecular flexibility index (Phi) is 7.19. The van der Waals surface area contributed by atoms with Crippen LogP contribution in [0.1, 0.15) is 22.4 Å². The predicted octanol–water partition coefficient (Wildman–Crippen LogP) is 3.03. The minimum absolute atomic E-state index is 0.179. The van der Waals surface area contributed by atoms with E-state index in [2.05, 4.69) is 30.9 Å². The van der Waals surface area contributed by atoms with E-state index in [0.717, 1.165) is 16.0 Å². The van der Waals surface area contributed by atoms with E-state index in [4.69, 9.17) is 0 Å². The van der Waals surface area contributed by atoms with Crippen LogP contribution >= 0.6 is 11.3 Å². The Morgan fingerprint density at radius 2 is 2.04 bits per heavy atom. The van der Waals surface area contributed by atoms with Crippen molar-refractivity contribution in [3.05, 3.63) is 40.0 Å². The molecule has 0 radical (unpaired) electrons. The molecule has 0 amide bonds. The Balaban J connectivity index is 1.86. The molecular weight excluding hydrogens is 365 g/mol. The highest BCUT2D eigenvalue weighted by Gasteiger charge is 2.33. The summed E-state index contributed by atoms with van der Waals surface area (Å²) in [7, 11) is 0. The van der Waals surface area contributed by atoms with Gasteiger partial charge in [-0.2, -0.15) is 13.2 Å². The zero-order valence-corrected chi connectivity index (χ0v) is 15.3. The number of pyridine rings is 1. The molecule has 0 atom stereocenters. The van der Waals surface area contributed by atoms with Crippen LogP contribution < -0.4 is 16.0 Å². The number of aliphatic imine (C=N–C) groups is 1. The number of thiazole rings is 1. The number of hydrogen-bond acceptors (Lipinski definition) is 5. The third kappa shape index (κ3) is 6.17. The fourth-order valence-electron chi connectivity index (χ4n) is 2.10. The average Bonchev–Trinajstić information content (AvgIpc) is 3.01. The summed E-state index contributed by atoms with van der Waals surface area (Å²) in [6.45, 7) is 5.69. The van der Waals surface area contributed by atoms with E-state index in [1.54, 1.807) is 17.5 Å². The zero-order valence-electron chi connectivity index (χ0n) is 14.5. The van der Waals surface area contributed by atoms with Crippen molar-refractivity contribution in [1.29, 1.82) is 0 Å². The van der Waals surface area contributed by atoms with E-state index in [1.807, 2.05) is 13.8 Å². The van der Waals surface area contributed by atoms with Crippen LogP contribution in [0.5, 0.6) is 0 Å². The second-order valence-corrected chi connectivity index (χ2v) is 6.63. The summed E-state index contributed by atoms with van der Waals surface area (Å²) in [4.78, 5) is 13.5. The number of nitrogens with zero attached hydrogens (tertiary/aromatic N) is 3. The molecule has 0 spiro atoms. The molecular formula is C16H21F3N6S. The lowest BCUT2D eigenvalue weighted by atomic mass is 10.2. The number of nitrogens with one attached hydrogen (secondary N) is 3. The molecule has 0 fully saturated rings. The van der Waals surface area contributed by atoms with Crippen molar-refractivity contribution in [2.45, 2.75) is 26.6 Å². The fraction of sp³-hybridized carbons (Fsp3) is 0.438. The summed E-state index contributed by atoms with van der Waals surface area (Å²) in [6, 6.07) is 2.27. The third-order valence-corrected chi connectivity index (χ3v) is 4.11. The van der Waals surface area contributed by atoms with Crippen molar-refractivity contribution < 1.29 is 13.2 Å². The van der Waals surface area contributed by atoms with Gasteiger partial charge in [-0.1, -0.05) is 0 Å². The van der Waals surface area contributed by atoms with Crippen molar-refractivity contribution in [1.82, 2.24) is 20.6 Å². The lowest BCUT2D eigenvalue weighted by Crippen LogP contribution is -2.39. The second-order valence-electron chi connectivity index (χ2n) is 5.31. The minimum Gasteiger partial charge on any atom is -0.368 e. The molecule has 3 N–H and O–H groups in total. The molecule has 0 bridgehead atoms. The molecule has 2 rings (SSSR count). The van der Waals surface area contributed by atoms with Crippen molar-refractivity contribution in [3.63, 3.8) is 0 Å². The molecule has 2 aromatic heterocycles. The first-order valence-corrected chi connectivity index (χ1v) is 8.91. The van der Waals surface area contributed by atoms with Gasteiger partial charge in [-0.3, -0.25) is 0 Å². The molecule has 2 aromatic rings. The van der Waals surface area contributed by atoms with Gasteiger partial charge in [0, 0.05) is 36.9 Å². The number of halogens is 3. The highest BCUT2D eigenvalue weighted by molar-refractivity contribution is 7.11. The van der Waals surface area contributed by atoms with E-state index in [9.17, 15) is 13.2 Å². The van der Waals surface area contributed by atoms with Gasteiger partial charge in [-0.15, -0.1) is 11.3 Å². The SMILES string of the molecule is CCNC(=NCc1ncc(C)s1)NCCNc1ncccc1C(F)(F)F. The van der Waals surface area contributed by atoms with Crippen LogP contribution in [0.25, 0.3) is 0 Å². The first-order chi connectivity index (χ1) is 12.4. The Morgan fingerprint density at radius 1 is 1.23 bits per heavy atom. The monoisotopic (exact) mass is 386 g/mol. The molecule has 6 nitrogen and oxygen atoms in total. The van der Waals surface area contributed by atoms with E-state index >= 15 is 0 Å². The molecule has 0 saturated heterocycles. The zero-order chi connectivity index (χ0) is 19.0. The average molecular weight is 386 g/mol. The second kappa shape index (κ2) is 9.37. The summed E-state index contributed by atoms with van der Waals surface area (Å²) in [5.74, 6) is 0.404. The minimum atomic E-state index is -4.44. The van der Waals surface area contributed by atoms with Crippen molar-refractivity contribution in [2.75, 3.05) is 25.0 Å². The summed E-state index contributed by atoms with van der Waals surface area (Å²) in [6.07, 6.45) is -1.32. The fourth-order valence-corrected chi connectivity index (χ4v) is 2.81. The lowest BCUT2D eigenvalue weighted by Gasteiger charge is -2.14. The van der Waals surface area contributed by atoms with Crippen molar-refractivity contribution in [2.24, 2.45) is 4.99 Å². The van der Waals surface area contributed by atoms with Gasteiger partial charge in [-0.05, 0) is 26.0 Å². The summed E-state index contributed by atoms with van der Waals surface area (Å²) < 4.78 is 38.8. The smallest absolute Gasteiger partial charge is 0.368 e.